The maximum absolute atomic E-state index is 12.1. The Morgan fingerprint density at radius 1 is 1.32 bits per heavy atom. The van der Waals surface area contributed by atoms with Crippen LogP contribution in [0.5, 0.6) is 0 Å². The van der Waals surface area contributed by atoms with Crippen LogP contribution in [-0.4, -0.2) is 47.7 Å². The first-order chi connectivity index (χ1) is 10.3. The molecule has 2 heterocycles. The largest absolute Gasteiger partial charge is 0.470 e. The molecule has 0 saturated carbocycles. The summed E-state index contributed by atoms with van der Waals surface area (Å²) < 4.78 is 11.3. The molecule has 1 fully saturated rings. The lowest BCUT2D eigenvalue weighted by Gasteiger charge is -2.24. The molecule has 0 aliphatic carbocycles. The monoisotopic (exact) mass is 322 g/mol. The van der Waals surface area contributed by atoms with Crippen LogP contribution in [0.3, 0.4) is 0 Å². The fourth-order valence-electron chi connectivity index (χ4n) is 2.53. The zero-order chi connectivity index (χ0) is 15.9. The number of benzene rings is 1. The summed E-state index contributed by atoms with van der Waals surface area (Å²) in [4.78, 5) is 18.3. The molecule has 0 bridgehead atoms. The molecule has 3 rings (SSSR count). The average molecular weight is 323 g/mol. The van der Waals surface area contributed by atoms with Crippen molar-refractivity contribution in [3.63, 3.8) is 0 Å². The van der Waals surface area contributed by atoms with E-state index in [4.69, 9.17) is 21.1 Å². The summed E-state index contributed by atoms with van der Waals surface area (Å²) >= 11 is 5.88. The molecule has 0 spiro atoms. The topological polar surface area (TPSA) is 51.1 Å². The smallest absolute Gasteiger partial charge is 0.410 e. The van der Waals surface area contributed by atoms with Gasteiger partial charge in [0.25, 0.3) is 0 Å². The number of amides is 1. The van der Waals surface area contributed by atoms with E-state index < -0.39 is 5.60 Å². The van der Waals surface area contributed by atoms with Gasteiger partial charge in [0.05, 0.1) is 13.1 Å². The highest BCUT2D eigenvalue weighted by Crippen LogP contribution is 2.26. The lowest BCUT2D eigenvalue weighted by atomic mass is 10.2. The zero-order valence-corrected chi connectivity index (χ0v) is 13.6. The van der Waals surface area contributed by atoms with Gasteiger partial charge in [0.1, 0.15) is 17.7 Å². The number of nitrogens with zero attached hydrogens (tertiary/aromatic N) is 2. The maximum Gasteiger partial charge on any atom is 0.410 e. The maximum atomic E-state index is 12.1. The second-order valence-electron chi connectivity index (χ2n) is 6.55. The molecule has 0 radical (unpaired) electrons. The van der Waals surface area contributed by atoms with Gasteiger partial charge in [-0.25, -0.2) is 9.79 Å². The predicted octanol–water partition coefficient (Wildman–Crippen LogP) is 3.10. The van der Waals surface area contributed by atoms with Crippen molar-refractivity contribution >= 4 is 23.6 Å². The molecule has 118 valence electrons. The Hall–Kier alpha value is -1.75. The van der Waals surface area contributed by atoms with Gasteiger partial charge in [-0.3, -0.25) is 0 Å². The van der Waals surface area contributed by atoms with Gasteiger partial charge in [-0.15, -0.1) is 0 Å². The van der Waals surface area contributed by atoms with E-state index in [-0.39, 0.29) is 18.2 Å². The summed E-state index contributed by atoms with van der Waals surface area (Å²) in [6.45, 7) is 6.59. The Kier molecular flexibility index (Phi) is 3.77. The Morgan fingerprint density at radius 3 is 2.59 bits per heavy atom. The van der Waals surface area contributed by atoms with Gasteiger partial charge in [-0.2, -0.15) is 0 Å². The Bertz CT molecular complexity index is 607. The van der Waals surface area contributed by atoms with Crippen molar-refractivity contribution in [3.8, 4) is 0 Å². The van der Waals surface area contributed by atoms with Crippen LogP contribution in [0.4, 0.5) is 4.79 Å². The number of fused-ring (bicyclic) bond motifs is 1. The molecule has 1 amide bonds. The molecular formula is C16H19ClN2O3. The molecule has 2 unspecified atom stereocenters. The van der Waals surface area contributed by atoms with E-state index in [1.54, 1.807) is 4.90 Å². The van der Waals surface area contributed by atoms with Gasteiger partial charge in [0.15, 0.2) is 0 Å². The summed E-state index contributed by atoms with van der Waals surface area (Å²) in [5.74, 6) is 0.621. The molecule has 0 N–H and O–H groups in total. The van der Waals surface area contributed by atoms with Crippen molar-refractivity contribution in [1.29, 1.82) is 0 Å². The van der Waals surface area contributed by atoms with E-state index in [0.29, 0.717) is 24.0 Å². The first-order valence-corrected chi connectivity index (χ1v) is 7.68. The summed E-state index contributed by atoms with van der Waals surface area (Å²) in [6.07, 6.45) is -0.410. The molecule has 22 heavy (non-hydrogen) atoms. The lowest BCUT2D eigenvalue weighted by Crippen LogP contribution is -2.36. The van der Waals surface area contributed by atoms with Crippen molar-refractivity contribution in [2.24, 2.45) is 4.99 Å². The zero-order valence-electron chi connectivity index (χ0n) is 12.9. The normalized spacial score (nSPS) is 23.8. The molecular weight excluding hydrogens is 304 g/mol. The number of hydrogen-bond donors (Lipinski definition) is 0. The number of likely N-dealkylation sites (tertiary alicyclic amines) is 1. The Balaban J connectivity index is 1.65. The number of halogens is 1. The number of ether oxygens (including phenoxy) is 2. The fourth-order valence-corrected chi connectivity index (χ4v) is 2.66. The van der Waals surface area contributed by atoms with E-state index >= 15 is 0 Å². The van der Waals surface area contributed by atoms with Gasteiger partial charge < -0.3 is 14.4 Å². The third-order valence-electron chi connectivity index (χ3n) is 3.53. The molecule has 0 aromatic heterocycles. The minimum absolute atomic E-state index is 0.0294. The molecule has 5 nitrogen and oxygen atoms in total. The number of rotatable bonds is 1. The molecule has 2 aliphatic rings. The van der Waals surface area contributed by atoms with Gasteiger partial charge in [0.2, 0.25) is 5.90 Å². The van der Waals surface area contributed by atoms with Gasteiger partial charge in [-0.1, -0.05) is 11.6 Å². The Morgan fingerprint density at radius 2 is 2.00 bits per heavy atom. The summed E-state index contributed by atoms with van der Waals surface area (Å²) in [5, 5.41) is 0.679. The molecule has 1 aromatic rings. The quantitative estimate of drug-likeness (QED) is 0.798. The first-order valence-electron chi connectivity index (χ1n) is 7.30. The van der Waals surface area contributed by atoms with E-state index in [1.165, 1.54) is 0 Å². The molecule has 6 heteroatoms. The number of carbonyl (C=O) groups is 1. The minimum atomic E-state index is -0.493. The van der Waals surface area contributed by atoms with E-state index in [2.05, 4.69) is 4.99 Å². The summed E-state index contributed by atoms with van der Waals surface area (Å²) in [6, 6.07) is 7.35. The highest BCUT2D eigenvalue weighted by atomic mass is 35.5. The number of carbonyl (C=O) groups excluding carboxylic acids is 1. The predicted molar refractivity (Wildman–Crippen MR) is 84.5 cm³/mol. The first kappa shape index (κ1) is 15.2. The second kappa shape index (κ2) is 5.47. The van der Waals surface area contributed by atoms with Crippen molar-refractivity contribution in [3.05, 3.63) is 34.9 Å². The van der Waals surface area contributed by atoms with Gasteiger partial charge in [0, 0.05) is 10.6 Å². The van der Waals surface area contributed by atoms with Crippen LogP contribution in [0.2, 0.25) is 5.02 Å². The van der Waals surface area contributed by atoms with Gasteiger partial charge >= 0.3 is 6.09 Å². The second-order valence-corrected chi connectivity index (χ2v) is 6.99. The third kappa shape index (κ3) is 3.19. The van der Waals surface area contributed by atoms with Crippen molar-refractivity contribution in [2.45, 2.75) is 38.5 Å². The van der Waals surface area contributed by atoms with Crippen LogP contribution in [0.15, 0.2) is 29.3 Å². The number of hydrogen-bond acceptors (Lipinski definition) is 4. The molecule has 2 atom stereocenters. The van der Waals surface area contributed by atoms with E-state index in [1.807, 2.05) is 45.0 Å². The fraction of sp³-hybridized carbons (Fsp3) is 0.500. The lowest BCUT2D eigenvalue weighted by molar-refractivity contribution is 0.0272. The SMILES string of the molecule is CC(C)(C)OC(=O)N1CC2N=C(c3ccc(Cl)cc3)OC2C1. The van der Waals surface area contributed by atoms with Crippen molar-refractivity contribution < 1.29 is 14.3 Å². The molecule has 1 aromatic carbocycles. The van der Waals surface area contributed by atoms with Crippen molar-refractivity contribution in [2.75, 3.05) is 13.1 Å². The van der Waals surface area contributed by atoms with Crippen LogP contribution < -0.4 is 0 Å². The van der Waals surface area contributed by atoms with E-state index in [0.717, 1.165) is 5.56 Å². The standard InChI is InChI=1S/C16H19ClN2O3/c1-16(2,3)22-15(20)19-8-12-13(9-19)21-14(18-12)10-4-6-11(17)7-5-10/h4-7,12-13H,8-9H2,1-3H3. The van der Waals surface area contributed by atoms with Crippen LogP contribution >= 0.6 is 11.6 Å². The average Bonchev–Trinajstić information content (AvgIpc) is 2.95. The highest BCUT2D eigenvalue weighted by Gasteiger charge is 2.42. The highest BCUT2D eigenvalue weighted by molar-refractivity contribution is 6.30. The van der Waals surface area contributed by atoms with Crippen LogP contribution in [-0.2, 0) is 9.47 Å². The van der Waals surface area contributed by atoms with E-state index in [9.17, 15) is 4.79 Å². The molecule has 2 aliphatic heterocycles. The van der Waals surface area contributed by atoms with Gasteiger partial charge in [-0.05, 0) is 45.0 Å². The summed E-state index contributed by atoms with van der Waals surface area (Å²) in [7, 11) is 0. The summed E-state index contributed by atoms with van der Waals surface area (Å²) in [5.41, 5.74) is 0.413. The number of aliphatic imine (C=N–C) groups is 1. The van der Waals surface area contributed by atoms with Crippen LogP contribution in [0.25, 0.3) is 0 Å². The Labute approximate surface area is 134 Å². The van der Waals surface area contributed by atoms with Crippen LogP contribution in [0.1, 0.15) is 26.3 Å². The minimum Gasteiger partial charge on any atom is -0.470 e. The van der Waals surface area contributed by atoms with Crippen LogP contribution in [0, 0.1) is 0 Å². The van der Waals surface area contributed by atoms with Crippen molar-refractivity contribution in [1.82, 2.24) is 4.90 Å². The molecule has 1 saturated heterocycles. The third-order valence-corrected chi connectivity index (χ3v) is 3.78.